The predicted molar refractivity (Wildman–Crippen MR) is 117 cm³/mol. The summed E-state index contributed by atoms with van der Waals surface area (Å²) in [5.41, 5.74) is 0. The van der Waals surface area contributed by atoms with Gasteiger partial charge in [-0.25, -0.2) is 16.8 Å². The second-order valence-corrected chi connectivity index (χ2v) is 12.3. The number of sulfone groups is 2. The molecule has 0 spiro atoms. The molecule has 30 heavy (non-hydrogen) atoms. The van der Waals surface area contributed by atoms with Gasteiger partial charge < -0.3 is 10.2 Å². The Morgan fingerprint density at radius 2 is 0.833 bits per heavy atom. The average Bonchev–Trinajstić information content (AvgIpc) is 2.64. The molecule has 0 bridgehead atoms. The number of rotatable bonds is 19. The van der Waals surface area contributed by atoms with E-state index in [0.717, 1.165) is 51.4 Å². The van der Waals surface area contributed by atoms with E-state index in [2.05, 4.69) is 0 Å². The molecule has 2 atom stereocenters. The van der Waals surface area contributed by atoms with Crippen molar-refractivity contribution in [1.82, 2.24) is 0 Å². The van der Waals surface area contributed by atoms with Crippen molar-refractivity contribution in [1.29, 1.82) is 0 Å². The van der Waals surface area contributed by atoms with Gasteiger partial charge in [-0.1, -0.05) is 78.1 Å². The Bertz CT molecular complexity index is 651. The highest BCUT2D eigenvalue weighted by Gasteiger charge is 2.50. The Labute approximate surface area is 181 Å². The lowest BCUT2D eigenvalue weighted by Gasteiger charge is -2.21. The lowest BCUT2D eigenvalue weighted by molar-refractivity contribution is -0.142. The number of aliphatic carboxylic acids is 2. The van der Waals surface area contributed by atoms with Crippen LogP contribution >= 0.6 is 0 Å². The number of carboxylic acids is 2. The molecule has 0 saturated carbocycles. The number of hydrogen-bond donors (Lipinski definition) is 2. The van der Waals surface area contributed by atoms with E-state index in [1.165, 1.54) is 0 Å². The molecule has 0 aliphatic rings. The molecule has 0 aromatic heterocycles. The molecule has 2 N–H and O–H groups in total. The van der Waals surface area contributed by atoms with E-state index in [9.17, 15) is 36.6 Å². The SMILES string of the molecule is CCCCCCCCS(=O)(=O)C(C(=O)O)C(C(=O)O)S(=O)(=O)CCCCCCCC. The summed E-state index contributed by atoms with van der Waals surface area (Å²) in [6.07, 6.45) is 9.02. The molecule has 0 aliphatic heterocycles. The third-order valence-corrected chi connectivity index (χ3v) is 9.48. The van der Waals surface area contributed by atoms with Crippen LogP contribution in [0.4, 0.5) is 0 Å². The first-order chi connectivity index (χ1) is 14.0. The molecule has 2 unspecified atom stereocenters. The summed E-state index contributed by atoms with van der Waals surface area (Å²) in [6, 6.07) is 0. The number of carboxylic acid groups (broad SMARTS) is 2. The van der Waals surface area contributed by atoms with E-state index in [4.69, 9.17) is 0 Å². The summed E-state index contributed by atoms with van der Waals surface area (Å²) in [5.74, 6) is -4.93. The van der Waals surface area contributed by atoms with Crippen LogP contribution in [0.25, 0.3) is 0 Å². The van der Waals surface area contributed by atoms with E-state index in [1.807, 2.05) is 13.8 Å². The van der Waals surface area contributed by atoms with Crippen molar-refractivity contribution in [2.75, 3.05) is 11.5 Å². The van der Waals surface area contributed by atoms with E-state index >= 15 is 0 Å². The van der Waals surface area contributed by atoms with Crippen LogP contribution < -0.4 is 0 Å². The molecule has 10 heteroatoms. The Balaban J connectivity index is 5.21. The van der Waals surface area contributed by atoms with Crippen LogP contribution in [0.5, 0.6) is 0 Å². The Kier molecular flexibility index (Phi) is 14.2. The smallest absolute Gasteiger partial charge is 0.323 e. The van der Waals surface area contributed by atoms with Gasteiger partial charge in [0.05, 0.1) is 11.5 Å². The molecular weight excluding hydrogens is 432 g/mol. The van der Waals surface area contributed by atoms with Crippen molar-refractivity contribution < 1.29 is 36.6 Å². The van der Waals surface area contributed by atoms with Gasteiger partial charge in [-0.05, 0) is 12.8 Å². The second kappa shape index (κ2) is 14.8. The van der Waals surface area contributed by atoms with Crippen molar-refractivity contribution in [3.63, 3.8) is 0 Å². The van der Waals surface area contributed by atoms with E-state index in [0.29, 0.717) is 12.8 Å². The summed E-state index contributed by atoms with van der Waals surface area (Å²) in [6.45, 7) is 4.08. The molecule has 0 aromatic carbocycles. The van der Waals surface area contributed by atoms with E-state index in [-0.39, 0.29) is 12.8 Å². The highest BCUT2D eigenvalue weighted by molar-refractivity contribution is 7.97. The molecule has 0 amide bonds. The van der Waals surface area contributed by atoms with Crippen molar-refractivity contribution in [2.24, 2.45) is 0 Å². The van der Waals surface area contributed by atoms with Gasteiger partial charge in [0.25, 0.3) is 0 Å². The lowest BCUT2D eigenvalue weighted by atomic mass is 10.1. The highest BCUT2D eigenvalue weighted by Crippen LogP contribution is 2.21. The van der Waals surface area contributed by atoms with Crippen molar-refractivity contribution in [2.45, 2.75) is 101 Å². The molecular formula is C20H38O8S2. The monoisotopic (exact) mass is 470 g/mol. The average molecular weight is 471 g/mol. The van der Waals surface area contributed by atoms with Crippen molar-refractivity contribution in [3.8, 4) is 0 Å². The number of unbranched alkanes of at least 4 members (excludes halogenated alkanes) is 10. The van der Waals surface area contributed by atoms with Crippen LogP contribution in [0.1, 0.15) is 90.9 Å². The molecule has 0 aromatic rings. The molecule has 0 fully saturated rings. The van der Waals surface area contributed by atoms with Gasteiger partial charge in [0.15, 0.2) is 30.2 Å². The summed E-state index contributed by atoms with van der Waals surface area (Å²) in [4.78, 5) is 23.3. The summed E-state index contributed by atoms with van der Waals surface area (Å²) < 4.78 is 50.4. The van der Waals surface area contributed by atoms with Crippen molar-refractivity contribution >= 4 is 31.6 Å². The third-order valence-electron chi connectivity index (χ3n) is 5.10. The minimum Gasteiger partial charge on any atom is -0.480 e. The van der Waals surface area contributed by atoms with Crippen LogP contribution in [0.2, 0.25) is 0 Å². The van der Waals surface area contributed by atoms with Gasteiger partial charge in [0, 0.05) is 0 Å². The maximum absolute atomic E-state index is 12.6. The van der Waals surface area contributed by atoms with Crippen LogP contribution in [0.3, 0.4) is 0 Å². The zero-order valence-electron chi connectivity index (χ0n) is 18.2. The first-order valence-electron chi connectivity index (χ1n) is 10.9. The maximum Gasteiger partial charge on any atom is 0.323 e. The van der Waals surface area contributed by atoms with Gasteiger partial charge in [0.2, 0.25) is 0 Å². The summed E-state index contributed by atoms with van der Waals surface area (Å²) >= 11 is 0. The molecule has 0 heterocycles. The fraction of sp³-hybridized carbons (Fsp3) is 0.900. The quantitative estimate of drug-likeness (QED) is 0.273. The lowest BCUT2D eigenvalue weighted by Crippen LogP contribution is -2.51. The normalized spacial score (nSPS) is 14.3. The molecule has 8 nitrogen and oxygen atoms in total. The zero-order valence-corrected chi connectivity index (χ0v) is 19.8. The van der Waals surface area contributed by atoms with Crippen LogP contribution in [-0.2, 0) is 29.3 Å². The van der Waals surface area contributed by atoms with Crippen LogP contribution in [0, 0.1) is 0 Å². The van der Waals surface area contributed by atoms with E-state index in [1.54, 1.807) is 0 Å². The second-order valence-electron chi connectivity index (χ2n) is 7.79. The van der Waals surface area contributed by atoms with E-state index < -0.39 is 53.6 Å². The first-order valence-corrected chi connectivity index (χ1v) is 14.3. The molecule has 0 radical (unpaired) electrons. The number of hydrogen-bond acceptors (Lipinski definition) is 6. The minimum absolute atomic E-state index is 0.180. The maximum atomic E-state index is 12.6. The fourth-order valence-corrected chi connectivity index (χ4v) is 7.70. The van der Waals surface area contributed by atoms with Gasteiger partial charge >= 0.3 is 11.9 Å². The predicted octanol–water partition coefficient (Wildman–Crippen LogP) is 3.44. The topological polar surface area (TPSA) is 143 Å². The van der Waals surface area contributed by atoms with Gasteiger partial charge in [0.1, 0.15) is 0 Å². The first kappa shape index (κ1) is 28.8. The largest absolute Gasteiger partial charge is 0.480 e. The molecule has 178 valence electrons. The zero-order chi connectivity index (χ0) is 23.2. The number of carbonyl (C=O) groups is 2. The fourth-order valence-electron chi connectivity index (χ4n) is 3.36. The van der Waals surface area contributed by atoms with Crippen molar-refractivity contribution in [3.05, 3.63) is 0 Å². The Morgan fingerprint density at radius 1 is 0.567 bits per heavy atom. The third kappa shape index (κ3) is 10.7. The molecule has 0 aliphatic carbocycles. The molecule has 0 rings (SSSR count). The molecule has 0 saturated heterocycles. The van der Waals surface area contributed by atoms with Crippen LogP contribution in [0.15, 0.2) is 0 Å². The standard InChI is InChI=1S/C20H38O8S2/c1-3-5-7-9-11-13-15-29(25,26)17(19(21)22)18(20(23)24)30(27,28)16-14-12-10-8-6-4-2/h17-18H,3-16H2,1-2H3,(H,21,22)(H,23,24). The van der Waals surface area contributed by atoms with Gasteiger partial charge in [-0.15, -0.1) is 0 Å². The van der Waals surface area contributed by atoms with Crippen LogP contribution in [-0.4, -0.2) is 61.0 Å². The highest BCUT2D eigenvalue weighted by atomic mass is 32.2. The summed E-state index contributed by atoms with van der Waals surface area (Å²) in [7, 11) is -8.89. The Morgan fingerprint density at radius 3 is 1.10 bits per heavy atom. The Hall–Kier alpha value is -1.16. The minimum atomic E-state index is -4.44. The van der Waals surface area contributed by atoms with Gasteiger partial charge in [-0.3, -0.25) is 9.59 Å². The summed E-state index contributed by atoms with van der Waals surface area (Å²) in [5, 5.41) is 13.9. The van der Waals surface area contributed by atoms with Gasteiger partial charge in [-0.2, -0.15) is 0 Å².